The zero-order valence-electron chi connectivity index (χ0n) is 6.01. The molecule has 10 heavy (non-hydrogen) atoms. The Hall–Kier alpha value is -0.0800. The molecule has 1 spiro atoms. The van der Waals surface area contributed by atoms with Gasteiger partial charge in [0.15, 0.2) is 0 Å². The van der Waals surface area contributed by atoms with E-state index in [2.05, 4.69) is 0 Å². The van der Waals surface area contributed by atoms with E-state index in [-0.39, 0.29) is 5.60 Å². The molecule has 0 aromatic carbocycles. The Balaban J connectivity index is 1.69. The minimum atomic E-state index is 0.216. The molecule has 2 atom stereocenters. The second-order valence-electron chi connectivity index (χ2n) is 3.86. The summed E-state index contributed by atoms with van der Waals surface area (Å²) in [5.74, 6) is 0.892. The maximum Gasteiger partial charge on any atom is 0.117 e. The van der Waals surface area contributed by atoms with Gasteiger partial charge in [-0.15, -0.1) is 0 Å². The van der Waals surface area contributed by atoms with Gasteiger partial charge in [0.05, 0.1) is 19.3 Å². The van der Waals surface area contributed by atoms with E-state index in [0.717, 1.165) is 19.1 Å². The summed E-state index contributed by atoms with van der Waals surface area (Å²) in [6, 6.07) is 0. The van der Waals surface area contributed by atoms with Crippen molar-refractivity contribution in [2.45, 2.75) is 31.0 Å². The molecule has 0 amide bonds. The second-order valence-corrected chi connectivity index (χ2v) is 3.86. The van der Waals surface area contributed by atoms with E-state index in [0.29, 0.717) is 6.10 Å². The molecule has 1 saturated carbocycles. The van der Waals surface area contributed by atoms with Crippen molar-refractivity contribution in [1.29, 1.82) is 0 Å². The van der Waals surface area contributed by atoms with Crippen LogP contribution < -0.4 is 0 Å². The van der Waals surface area contributed by atoms with Gasteiger partial charge in [-0.25, -0.2) is 0 Å². The molecular weight excluding hydrogens is 128 g/mol. The van der Waals surface area contributed by atoms with Crippen molar-refractivity contribution in [2.24, 2.45) is 5.92 Å². The Bertz CT molecular complexity index is 159. The number of rotatable bonds is 1. The van der Waals surface area contributed by atoms with Crippen LogP contribution in [-0.4, -0.2) is 24.9 Å². The quantitative estimate of drug-likeness (QED) is 0.506. The molecule has 2 heterocycles. The average Bonchev–Trinajstić information content (AvgIpc) is 2.73. The van der Waals surface area contributed by atoms with Crippen molar-refractivity contribution in [2.75, 3.05) is 13.2 Å². The third kappa shape index (κ3) is 0.722. The van der Waals surface area contributed by atoms with Crippen molar-refractivity contribution in [3.8, 4) is 0 Å². The number of epoxide rings is 1. The van der Waals surface area contributed by atoms with Gasteiger partial charge in [0.2, 0.25) is 0 Å². The molecule has 3 fully saturated rings. The summed E-state index contributed by atoms with van der Waals surface area (Å²) < 4.78 is 11.0. The first kappa shape index (κ1) is 5.56. The smallest absolute Gasteiger partial charge is 0.117 e. The van der Waals surface area contributed by atoms with E-state index in [1.807, 2.05) is 0 Å². The molecule has 0 radical (unpaired) electrons. The van der Waals surface area contributed by atoms with Crippen LogP contribution in [0, 0.1) is 5.92 Å². The first-order valence-electron chi connectivity index (χ1n) is 4.14. The zero-order valence-corrected chi connectivity index (χ0v) is 6.01. The lowest BCUT2D eigenvalue weighted by molar-refractivity contribution is 0.0877. The topological polar surface area (TPSA) is 21.8 Å². The van der Waals surface area contributed by atoms with Gasteiger partial charge in [0, 0.05) is 6.42 Å². The van der Waals surface area contributed by atoms with Crippen molar-refractivity contribution in [1.82, 2.24) is 0 Å². The van der Waals surface area contributed by atoms with Crippen molar-refractivity contribution in [3.05, 3.63) is 0 Å². The predicted octanol–water partition coefficient (Wildman–Crippen LogP) is 0.954. The van der Waals surface area contributed by atoms with Gasteiger partial charge in [-0.2, -0.15) is 0 Å². The SMILES string of the molecule is C1CC1C1CC2(CO1)CO2. The summed E-state index contributed by atoms with van der Waals surface area (Å²) in [5.41, 5.74) is 0.216. The first-order chi connectivity index (χ1) is 4.88. The normalized spacial score (nSPS) is 52.2. The van der Waals surface area contributed by atoms with E-state index < -0.39 is 0 Å². The molecule has 56 valence electrons. The molecular formula is C8H12O2. The summed E-state index contributed by atoms with van der Waals surface area (Å²) in [7, 11) is 0. The second kappa shape index (κ2) is 1.56. The van der Waals surface area contributed by atoms with Crippen molar-refractivity contribution < 1.29 is 9.47 Å². The van der Waals surface area contributed by atoms with Gasteiger partial charge in [-0.05, 0) is 18.8 Å². The first-order valence-corrected chi connectivity index (χ1v) is 4.14. The molecule has 3 rings (SSSR count). The van der Waals surface area contributed by atoms with Crippen LogP contribution in [0.4, 0.5) is 0 Å². The lowest BCUT2D eigenvalue weighted by Crippen LogP contribution is -2.11. The zero-order chi connectivity index (χ0) is 6.60. The van der Waals surface area contributed by atoms with Gasteiger partial charge < -0.3 is 9.47 Å². The lowest BCUT2D eigenvalue weighted by atomic mass is 10.0. The average molecular weight is 140 g/mol. The molecule has 2 unspecified atom stereocenters. The molecule has 2 aliphatic heterocycles. The largest absolute Gasteiger partial charge is 0.375 e. The maximum atomic E-state index is 5.63. The fourth-order valence-electron chi connectivity index (χ4n) is 1.82. The lowest BCUT2D eigenvalue weighted by Gasteiger charge is -2.03. The van der Waals surface area contributed by atoms with Crippen LogP contribution >= 0.6 is 0 Å². The van der Waals surface area contributed by atoms with Gasteiger partial charge >= 0.3 is 0 Å². The summed E-state index contributed by atoms with van der Waals surface area (Å²) in [6.45, 7) is 1.82. The molecule has 3 aliphatic rings. The molecule has 1 aliphatic carbocycles. The van der Waals surface area contributed by atoms with Gasteiger partial charge in [-0.1, -0.05) is 0 Å². The monoisotopic (exact) mass is 140 g/mol. The van der Waals surface area contributed by atoms with Gasteiger partial charge in [-0.3, -0.25) is 0 Å². The minimum Gasteiger partial charge on any atom is -0.375 e. The van der Waals surface area contributed by atoms with Crippen LogP contribution in [-0.2, 0) is 9.47 Å². The minimum absolute atomic E-state index is 0.216. The van der Waals surface area contributed by atoms with Crippen LogP contribution in [0.2, 0.25) is 0 Å². The number of ether oxygens (including phenoxy) is 2. The summed E-state index contributed by atoms with van der Waals surface area (Å²) in [6.07, 6.45) is 4.52. The van der Waals surface area contributed by atoms with Gasteiger partial charge in [0.1, 0.15) is 5.60 Å². The third-order valence-electron chi connectivity index (χ3n) is 2.83. The molecule has 0 N–H and O–H groups in total. The fraction of sp³-hybridized carbons (Fsp3) is 1.00. The standard InChI is InChI=1S/C8H12O2/c1-2-6(1)7-3-8(4-9-7)5-10-8/h6-7H,1-5H2. The van der Waals surface area contributed by atoms with E-state index >= 15 is 0 Å². The molecule has 0 aromatic heterocycles. The van der Waals surface area contributed by atoms with Crippen LogP contribution in [0.1, 0.15) is 19.3 Å². The van der Waals surface area contributed by atoms with E-state index in [4.69, 9.17) is 9.47 Å². The number of hydrogen-bond donors (Lipinski definition) is 0. The fourth-order valence-corrected chi connectivity index (χ4v) is 1.82. The van der Waals surface area contributed by atoms with Crippen LogP contribution in [0.3, 0.4) is 0 Å². The highest BCUT2D eigenvalue weighted by Gasteiger charge is 2.54. The Morgan fingerprint density at radius 3 is 2.50 bits per heavy atom. The molecule has 2 nitrogen and oxygen atoms in total. The Morgan fingerprint density at radius 1 is 1.20 bits per heavy atom. The highest BCUT2D eigenvalue weighted by atomic mass is 16.6. The van der Waals surface area contributed by atoms with E-state index in [9.17, 15) is 0 Å². The van der Waals surface area contributed by atoms with Crippen molar-refractivity contribution >= 4 is 0 Å². The summed E-state index contributed by atoms with van der Waals surface area (Å²) in [5, 5.41) is 0. The van der Waals surface area contributed by atoms with Crippen LogP contribution in [0.25, 0.3) is 0 Å². The van der Waals surface area contributed by atoms with Crippen molar-refractivity contribution in [3.63, 3.8) is 0 Å². The van der Waals surface area contributed by atoms with Gasteiger partial charge in [0.25, 0.3) is 0 Å². The van der Waals surface area contributed by atoms with Crippen LogP contribution in [0.5, 0.6) is 0 Å². The molecule has 2 heteroatoms. The van der Waals surface area contributed by atoms with Crippen LogP contribution in [0.15, 0.2) is 0 Å². The Kier molecular flexibility index (Phi) is 0.868. The summed E-state index contributed by atoms with van der Waals surface area (Å²) in [4.78, 5) is 0. The molecule has 0 bridgehead atoms. The third-order valence-corrected chi connectivity index (χ3v) is 2.83. The highest BCUT2D eigenvalue weighted by Crippen LogP contribution is 2.46. The molecule has 0 aromatic rings. The van der Waals surface area contributed by atoms with E-state index in [1.165, 1.54) is 19.3 Å². The van der Waals surface area contributed by atoms with E-state index in [1.54, 1.807) is 0 Å². The predicted molar refractivity (Wildman–Crippen MR) is 35.8 cm³/mol. The highest BCUT2D eigenvalue weighted by molar-refractivity contribution is 5.02. The molecule has 2 saturated heterocycles. The maximum absolute atomic E-state index is 5.63. The summed E-state index contributed by atoms with van der Waals surface area (Å²) >= 11 is 0. The number of hydrogen-bond acceptors (Lipinski definition) is 2. The Labute approximate surface area is 60.5 Å². The Morgan fingerprint density at radius 2 is 2.00 bits per heavy atom.